The molecule has 0 aliphatic heterocycles. The van der Waals surface area contributed by atoms with Crippen LogP contribution in [0.5, 0.6) is 0 Å². The summed E-state index contributed by atoms with van der Waals surface area (Å²) in [5.74, 6) is 0. The van der Waals surface area contributed by atoms with E-state index < -0.39 is 10.0 Å². The van der Waals surface area contributed by atoms with Crippen LogP contribution in [0.15, 0.2) is 23.1 Å². The second-order valence-electron chi connectivity index (χ2n) is 5.19. The van der Waals surface area contributed by atoms with Gasteiger partial charge in [0.15, 0.2) is 0 Å². The molecule has 0 amide bonds. The number of hydrogen-bond donors (Lipinski definition) is 1. The summed E-state index contributed by atoms with van der Waals surface area (Å²) < 4.78 is 27.0. The lowest BCUT2D eigenvalue weighted by atomic mass is 10.1. The Bertz CT molecular complexity index is 622. The quantitative estimate of drug-likeness (QED) is 0.818. The van der Waals surface area contributed by atoms with E-state index >= 15 is 0 Å². The van der Waals surface area contributed by atoms with E-state index in [1.165, 1.54) is 0 Å². The second kappa shape index (κ2) is 5.79. The van der Waals surface area contributed by atoms with Gasteiger partial charge in [-0.2, -0.15) is 4.31 Å². The van der Waals surface area contributed by atoms with E-state index in [-0.39, 0.29) is 6.04 Å². The van der Waals surface area contributed by atoms with Crippen molar-refractivity contribution in [2.45, 2.75) is 44.0 Å². The van der Waals surface area contributed by atoms with Crippen LogP contribution in [0.3, 0.4) is 0 Å². The smallest absolute Gasteiger partial charge is 0.243 e. The van der Waals surface area contributed by atoms with Crippen LogP contribution < -0.4 is 5.73 Å². The van der Waals surface area contributed by atoms with Crippen molar-refractivity contribution in [3.05, 3.63) is 29.3 Å². The van der Waals surface area contributed by atoms with Crippen LogP contribution in [-0.4, -0.2) is 30.3 Å². The average Bonchev–Trinajstić information content (AvgIpc) is 3.19. The number of rotatable bonds is 6. The number of sulfonamides is 1. The van der Waals surface area contributed by atoms with Crippen LogP contribution in [0.2, 0.25) is 0 Å². The summed E-state index contributed by atoms with van der Waals surface area (Å²) in [4.78, 5) is 0.620. The molecule has 110 valence electrons. The summed E-state index contributed by atoms with van der Waals surface area (Å²) in [5, 5.41) is 0. The van der Waals surface area contributed by atoms with Gasteiger partial charge in [0.2, 0.25) is 10.0 Å². The van der Waals surface area contributed by atoms with Crippen LogP contribution in [-0.2, 0) is 10.0 Å². The summed E-state index contributed by atoms with van der Waals surface area (Å²) in [5.41, 5.74) is 7.14. The molecule has 0 atom stereocenters. The SMILES string of the molecule is CCCN(C1CC1)S(=O)(=O)c1ccc(C(N)=S)c(C)c1. The molecule has 0 radical (unpaired) electrons. The van der Waals surface area contributed by atoms with E-state index in [1.54, 1.807) is 22.5 Å². The lowest BCUT2D eigenvalue weighted by Crippen LogP contribution is -2.34. The number of nitrogens with two attached hydrogens (primary N) is 1. The van der Waals surface area contributed by atoms with Gasteiger partial charge in [0.25, 0.3) is 0 Å². The van der Waals surface area contributed by atoms with Crippen molar-refractivity contribution in [1.82, 2.24) is 4.31 Å². The van der Waals surface area contributed by atoms with Gasteiger partial charge in [-0.1, -0.05) is 25.2 Å². The highest BCUT2D eigenvalue weighted by Gasteiger charge is 2.37. The molecule has 0 spiro atoms. The predicted molar refractivity (Wildman–Crippen MR) is 84.3 cm³/mol. The van der Waals surface area contributed by atoms with Crippen LogP contribution in [0.1, 0.15) is 37.3 Å². The van der Waals surface area contributed by atoms with Gasteiger partial charge in [-0.3, -0.25) is 0 Å². The van der Waals surface area contributed by atoms with Gasteiger partial charge in [-0.15, -0.1) is 0 Å². The molecule has 1 aromatic carbocycles. The Balaban J connectivity index is 2.38. The first-order valence-electron chi connectivity index (χ1n) is 6.80. The maximum atomic E-state index is 12.7. The molecule has 1 aliphatic carbocycles. The van der Waals surface area contributed by atoms with Crippen LogP contribution >= 0.6 is 12.2 Å². The van der Waals surface area contributed by atoms with E-state index in [9.17, 15) is 8.42 Å². The number of hydrogen-bond acceptors (Lipinski definition) is 3. The summed E-state index contributed by atoms with van der Waals surface area (Å²) in [6.45, 7) is 4.39. The van der Waals surface area contributed by atoms with Crippen molar-refractivity contribution in [1.29, 1.82) is 0 Å². The molecule has 4 nitrogen and oxygen atoms in total. The lowest BCUT2D eigenvalue weighted by Gasteiger charge is -2.21. The third-order valence-corrected chi connectivity index (χ3v) is 5.64. The predicted octanol–water partition coefficient (Wildman–Crippen LogP) is 2.19. The maximum Gasteiger partial charge on any atom is 0.243 e. The largest absolute Gasteiger partial charge is 0.389 e. The Kier molecular flexibility index (Phi) is 4.46. The molecule has 0 saturated heterocycles. The van der Waals surface area contributed by atoms with Crippen molar-refractivity contribution in [3.63, 3.8) is 0 Å². The molecular weight excluding hydrogens is 292 g/mol. The highest BCUT2D eigenvalue weighted by Crippen LogP contribution is 2.32. The van der Waals surface area contributed by atoms with E-state index in [4.69, 9.17) is 18.0 Å². The Morgan fingerprint density at radius 1 is 1.45 bits per heavy atom. The van der Waals surface area contributed by atoms with Crippen molar-refractivity contribution in [2.75, 3.05) is 6.54 Å². The van der Waals surface area contributed by atoms with Gasteiger partial charge in [-0.05, 0) is 43.9 Å². The zero-order chi connectivity index (χ0) is 14.9. The first-order valence-corrected chi connectivity index (χ1v) is 8.65. The molecular formula is C14H20N2O2S2. The molecule has 0 heterocycles. The molecule has 1 aliphatic rings. The monoisotopic (exact) mass is 312 g/mol. The minimum Gasteiger partial charge on any atom is -0.389 e. The van der Waals surface area contributed by atoms with E-state index in [0.29, 0.717) is 16.4 Å². The molecule has 2 N–H and O–H groups in total. The van der Waals surface area contributed by atoms with Crippen LogP contribution in [0.4, 0.5) is 0 Å². The number of aryl methyl sites for hydroxylation is 1. The minimum absolute atomic E-state index is 0.176. The van der Waals surface area contributed by atoms with Crippen LogP contribution in [0.25, 0.3) is 0 Å². The van der Waals surface area contributed by atoms with Crippen LogP contribution in [0, 0.1) is 6.92 Å². The molecule has 0 aromatic heterocycles. The highest BCUT2D eigenvalue weighted by atomic mass is 32.2. The molecule has 0 unspecified atom stereocenters. The molecule has 1 aromatic rings. The first kappa shape index (κ1) is 15.4. The normalized spacial score (nSPS) is 15.6. The number of benzene rings is 1. The third kappa shape index (κ3) is 3.02. The molecule has 20 heavy (non-hydrogen) atoms. The molecule has 6 heteroatoms. The topological polar surface area (TPSA) is 63.4 Å². The van der Waals surface area contributed by atoms with E-state index in [1.807, 2.05) is 13.8 Å². The Morgan fingerprint density at radius 2 is 2.10 bits per heavy atom. The van der Waals surface area contributed by atoms with Crippen molar-refractivity contribution in [3.8, 4) is 0 Å². The standard InChI is InChI=1S/C14H20N2O2S2/c1-3-8-16(11-4-5-11)20(17,18)12-6-7-13(14(15)19)10(2)9-12/h6-7,9,11H,3-5,8H2,1-2H3,(H2,15,19). The Hall–Kier alpha value is -0.980. The van der Waals surface area contributed by atoms with Gasteiger partial charge in [0.1, 0.15) is 4.99 Å². The van der Waals surface area contributed by atoms with E-state index in [2.05, 4.69) is 0 Å². The zero-order valence-electron chi connectivity index (χ0n) is 11.8. The zero-order valence-corrected chi connectivity index (χ0v) is 13.4. The fourth-order valence-electron chi connectivity index (χ4n) is 2.29. The van der Waals surface area contributed by atoms with Gasteiger partial charge < -0.3 is 5.73 Å². The number of nitrogens with zero attached hydrogens (tertiary/aromatic N) is 1. The summed E-state index contributed by atoms with van der Waals surface area (Å²) in [6.07, 6.45) is 2.74. The molecule has 2 rings (SSSR count). The third-order valence-electron chi connectivity index (χ3n) is 3.47. The van der Waals surface area contributed by atoms with E-state index in [0.717, 1.165) is 30.4 Å². The molecule has 1 fully saturated rings. The molecule has 0 bridgehead atoms. The fraction of sp³-hybridized carbons (Fsp3) is 0.500. The molecule has 1 saturated carbocycles. The minimum atomic E-state index is -3.42. The van der Waals surface area contributed by atoms with Gasteiger partial charge in [0, 0.05) is 18.2 Å². The highest BCUT2D eigenvalue weighted by molar-refractivity contribution is 7.89. The lowest BCUT2D eigenvalue weighted by molar-refractivity contribution is 0.403. The average molecular weight is 312 g/mol. The van der Waals surface area contributed by atoms with Gasteiger partial charge in [0.05, 0.1) is 4.90 Å². The summed E-state index contributed by atoms with van der Waals surface area (Å²) >= 11 is 4.95. The Labute approximate surface area is 126 Å². The first-order chi connectivity index (χ1) is 9.37. The fourth-order valence-corrected chi connectivity index (χ4v) is 4.38. The number of thiocarbonyl (C=S) groups is 1. The van der Waals surface area contributed by atoms with Crippen molar-refractivity contribution < 1.29 is 8.42 Å². The second-order valence-corrected chi connectivity index (χ2v) is 7.52. The maximum absolute atomic E-state index is 12.7. The van der Waals surface area contributed by atoms with Crippen molar-refractivity contribution in [2.24, 2.45) is 5.73 Å². The summed E-state index contributed by atoms with van der Waals surface area (Å²) in [6, 6.07) is 5.13. The van der Waals surface area contributed by atoms with Gasteiger partial charge >= 0.3 is 0 Å². The van der Waals surface area contributed by atoms with Crippen molar-refractivity contribution >= 4 is 27.2 Å². The summed E-state index contributed by atoms with van der Waals surface area (Å²) in [7, 11) is -3.42. The van der Waals surface area contributed by atoms with Gasteiger partial charge in [-0.25, -0.2) is 8.42 Å². The Morgan fingerprint density at radius 3 is 2.55 bits per heavy atom.